The lowest BCUT2D eigenvalue weighted by Crippen LogP contribution is -2.06. The highest BCUT2D eigenvalue weighted by atomic mass is 16.5. The second-order valence-electron chi connectivity index (χ2n) is 6.47. The molecule has 4 rings (SSSR count). The van der Waals surface area contributed by atoms with Gasteiger partial charge in [0.25, 0.3) is 0 Å². The van der Waals surface area contributed by atoms with Crippen LogP contribution in [-0.2, 0) is 19.3 Å². The minimum atomic E-state index is 0.433. The first-order valence-electron chi connectivity index (χ1n) is 8.25. The molecule has 0 fully saturated rings. The monoisotopic (exact) mass is 294 g/mol. The Balaban J connectivity index is 1.85. The van der Waals surface area contributed by atoms with Gasteiger partial charge in [-0.3, -0.25) is 0 Å². The quantitative estimate of drug-likeness (QED) is 0.945. The van der Waals surface area contributed by atoms with Gasteiger partial charge < -0.3 is 10.5 Å². The van der Waals surface area contributed by atoms with E-state index >= 15 is 0 Å². The molecule has 2 aromatic rings. The largest absolute Gasteiger partial charge is 0.490 e. The van der Waals surface area contributed by atoms with Gasteiger partial charge in [0.1, 0.15) is 11.4 Å². The van der Waals surface area contributed by atoms with Crippen LogP contribution in [0.25, 0.3) is 11.3 Å². The van der Waals surface area contributed by atoms with Gasteiger partial charge in [-0.05, 0) is 49.1 Å². The van der Waals surface area contributed by atoms with Gasteiger partial charge in [-0.15, -0.1) is 0 Å². The van der Waals surface area contributed by atoms with Gasteiger partial charge in [0.05, 0.1) is 6.61 Å². The van der Waals surface area contributed by atoms with Gasteiger partial charge in [-0.2, -0.15) is 0 Å². The predicted octanol–water partition coefficient (Wildman–Crippen LogP) is 3.23. The molecule has 0 amide bonds. The van der Waals surface area contributed by atoms with E-state index in [-0.39, 0.29) is 0 Å². The van der Waals surface area contributed by atoms with Gasteiger partial charge in [-0.25, -0.2) is 4.98 Å². The fraction of sp³-hybridized carbons (Fsp3) is 0.421. The summed E-state index contributed by atoms with van der Waals surface area (Å²) in [7, 11) is 0. The summed E-state index contributed by atoms with van der Waals surface area (Å²) in [6.07, 6.45) is 4.48. The summed E-state index contributed by atoms with van der Waals surface area (Å²) in [5.74, 6) is 1.41. The van der Waals surface area contributed by atoms with Crippen molar-refractivity contribution in [1.29, 1.82) is 0 Å². The van der Waals surface area contributed by atoms with Crippen LogP contribution in [0.5, 0.6) is 5.75 Å². The van der Waals surface area contributed by atoms with Crippen molar-refractivity contribution in [2.45, 2.75) is 38.5 Å². The van der Waals surface area contributed by atoms with E-state index in [2.05, 4.69) is 31.2 Å². The number of rotatable bonds is 3. The van der Waals surface area contributed by atoms with Gasteiger partial charge >= 0.3 is 0 Å². The van der Waals surface area contributed by atoms with Crippen LogP contribution in [0.2, 0.25) is 0 Å². The van der Waals surface area contributed by atoms with Crippen molar-refractivity contribution >= 4 is 0 Å². The lowest BCUT2D eigenvalue weighted by Gasteiger charge is -2.12. The molecule has 22 heavy (non-hydrogen) atoms. The zero-order chi connectivity index (χ0) is 15.1. The molecular weight excluding hydrogens is 272 g/mol. The van der Waals surface area contributed by atoms with Crippen LogP contribution < -0.4 is 10.5 Å². The van der Waals surface area contributed by atoms with Crippen molar-refractivity contribution in [2.24, 2.45) is 5.73 Å². The van der Waals surface area contributed by atoms with Gasteiger partial charge in [0, 0.05) is 29.2 Å². The zero-order valence-electron chi connectivity index (χ0n) is 13.1. The van der Waals surface area contributed by atoms with Crippen molar-refractivity contribution in [1.82, 2.24) is 4.98 Å². The van der Waals surface area contributed by atoms with Crippen LogP contribution >= 0.6 is 0 Å². The molecule has 0 bridgehead atoms. The number of hydrogen-bond acceptors (Lipinski definition) is 3. The summed E-state index contributed by atoms with van der Waals surface area (Å²) in [6.45, 7) is 3.59. The van der Waals surface area contributed by atoms with Crippen molar-refractivity contribution in [2.75, 3.05) is 13.2 Å². The summed E-state index contributed by atoms with van der Waals surface area (Å²) in [6, 6.07) is 8.95. The number of hydrogen-bond donors (Lipinski definition) is 1. The van der Waals surface area contributed by atoms with E-state index in [4.69, 9.17) is 15.5 Å². The lowest BCUT2D eigenvalue weighted by molar-refractivity contribution is 0.337. The van der Waals surface area contributed by atoms with Crippen LogP contribution in [0.15, 0.2) is 24.3 Å². The number of nitrogens with zero attached hydrogens (tertiary/aromatic N) is 1. The third-order valence-electron chi connectivity index (χ3n) is 4.84. The number of aryl methyl sites for hydroxylation is 2. The molecule has 2 heterocycles. The third-order valence-corrected chi connectivity index (χ3v) is 4.84. The predicted molar refractivity (Wildman–Crippen MR) is 88.4 cm³/mol. The molecule has 1 aliphatic heterocycles. The molecule has 0 spiro atoms. The number of fused-ring (bicyclic) bond motifs is 2. The number of ether oxygens (including phenoxy) is 1. The smallest absolute Gasteiger partial charge is 0.149 e. The molecule has 1 atom stereocenters. The Kier molecular flexibility index (Phi) is 3.38. The fourth-order valence-electron chi connectivity index (χ4n) is 3.61. The molecule has 2 N–H and O–H groups in total. The van der Waals surface area contributed by atoms with E-state index in [0.29, 0.717) is 12.5 Å². The number of nitrogens with two attached hydrogens (primary N) is 1. The molecule has 3 nitrogen and oxygen atoms in total. The van der Waals surface area contributed by atoms with Gasteiger partial charge in [0.2, 0.25) is 0 Å². The molecule has 3 heteroatoms. The fourth-order valence-corrected chi connectivity index (χ4v) is 3.61. The Bertz CT molecular complexity index is 724. The van der Waals surface area contributed by atoms with Crippen molar-refractivity contribution in [3.05, 3.63) is 46.6 Å². The minimum absolute atomic E-state index is 0.433. The van der Waals surface area contributed by atoms with Crippen LogP contribution in [-0.4, -0.2) is 18.1 Å². The van der Waals surface area contributed by atoms with Crippen molar-refractivity contribution in [3.63, 3.8) is 0 Å². The average molecular weight is 294 g/mol. The van der Waals surface area contributed by atoms with Gasteiger partial charge in [0.15, 0.2) is 0 Å². The second kappa shape index (κ2) is 5.40. The maximum absolute atomic E-state index is 5.96. The Morgan fingerprint density at radius 2 is 2.09 bits per heavy atom. The summed E-state index contributed by atoms with van der Waals surface area (Å²) < 4.78 is 5.96. The Morgan fingerprint density at radius 1 is 1.23 bits per heavy atom. The number of aromatic nitrogens is 1. The Hall–Kier alpha value is -1.87. The Morgan fingerprint density at radius 3 is 2.95 bits per heavy atom. The summed E-state index contributed by atoms with van der Waals surface area (Å²) in [5.41, 5.74) is 13.2. The zero-order valence-corrected chi connectivity index (χ0v) is 13.1. The Labute approximate surface area is 131 Å². The van der Waals surface area contributed by atoms with Crippen molar-refractivity contribution < 1.29 is 4.74 Å². The maximum Gasteiger partial charge on any atom is 0.149 e. The molecule has 0 radical (unpaired) electrons. The number of pyridine rings is 1. The number of benzene rings is 1. The van der Waals surface area contributed by atoms with Crippen LogP contribution in [0, 0.1) is 0 Å². The topological polar surface area (TPSA) is 48.1 Å². The van der Waals surface area contributed by atoms with E-state index in [9.17, 15) is 0 Å². The SMILES string of the molecule is CC1COc2c1cc(CCN)nc2-c1ccc2c(c1)CCC2. The highest BCUT2D eigenvalue weighted by molar-refractivity contribution is 5.71. The normalized spacial score (nSPS) is 18.9. The van der Waals surface area contributed by atoms with E-state index in [0.717, 1.165) is 30.2 Å². The third kappa shape index (κ3) is 2.20. The molecule has 114 valence electrons. The highest BCUT2D eigenvalue weighted by Gasteiger charge is 2.26. The first-order chi connectivity index (χ1) is 10.8. The van der Waals surface area contributed by atoms with E-state index in [1.807, 2.05) is 0 Å². The first kappa shape index (κ1) is 13.8. The molecule has 2 aliphatic rings. The van der Waals surface area contributed by atoms with E-state index in [1.54, 1.807) is 0 Å². The second-order valence-corrected chi connectivity index (χ2v) is 6.47. The summed E-state index contributed by atoms with van der Waals surface area (Å²) in [4.78, 5) is 4.86. The molecule has 0 saturated heterocycles. The highest BCUT2D eigenvalue weighted by Crippen LogP contribution is 2.41. The molecule has 1 unspecified atom stereocenters. The summed E-state index contributed by atoms with van der Waals surface area (Å²) in [5, 5.41) is 0. The first-order valence-corrected chi connectivity index (χ1v) is 8.25. The van der Waals surface area contributed by atoms with E-state index in [1.165, 1.54) is 41.5 Å². The van der Waals surface area contributed by atoms with Crippen LogP contribution in [0.4, 0.5) is 0 Å². The average Bonchev–Trinajstić information content (AvgIpc) is 3.13. The summed E-state index contributed by atoms with van der Waals surface area (Å²) >= 11 is 0. The molecule has 0 saturated carbocycles. The standard InChI is InChI=1S/C19H22N2O/c1-12-11-22-19-17(12)10-16(7-8-20)21-18(19)15-6-5-13-3-2-4-14(13)9-15/h5-6,9-10,12H,2-4,7-8,11,20H2,1H3. The molecule has 1 aromatic heterocycles. The van der Waals surface area contributed by atoms with Crippen molar-refractivity contribution in [3.8, 4) is 17.0 Å². The molecule has 1 aromatic carbocycles. The van der Waals surface area contributed by atoms with Gasteiger partial charge in [-0.1, -0.05) is 19.1 Å². The minimum Gasteiger partial charge on any atom is -0.490 e. The van der Waals surface area contributed by atoms with E-state index < -0.39 is 0 Å². The molecular formula is C19H22N2O. The maximum atomic E-state index is 5.96. The molecule has 1 aliphatic carbocycles. The van der Waals surface area contributed by atoms with Crippen LogP contribution in [0.3, 0.4) is 0 Å². The van der Waals surface area contributed by atoms with Crippen LogP contribution in [0.1, 0.15) is 41.6 Å². The lowest BCUT2D eigenvalue weighted by atomic mass is 9.98.